The number of hydrogen-bond donors (Lipinski definition) is 1. The Balaban J connectivity index is 1.75. The summed E-state index contributed by atoms with van der Waals surface area (Å²) in [6, 6.07) is 8.38. The molecule has 1 aliphatic heterocycles. The standard InChI is InChI=1S/C17H28N2O/c1-15(2)7-5-10-18-11-13-19-12-6-14-20-17-9-4-3-8-16(17)19/h3-4,8-9,15,18H,5-7,10-14H2,1-2H3. The summed E-state index contributed by atoms with van der Waals surface area (Å²) >= 11 is 0. The maximum absolute atomic E-state index is 5.79. The molecular formula is C17H28N2O. The van der Waals surface area contributed by atoms with Gasteiger partial charge in [-0.2, -0.15) is 0 Å². The van der Waals surface area contributed by atoms with Crippen molar-refractivity contribution in [1.29, 1.82) is 0 Å². The molecule has 20 heavy (non-hydrogen) atoms. The Bertz CT molecular complexity index is 392. The van der Waals surface area contributed by atoms with Crippen molar-refractivity contribution >= 4 is 5.69 Å². The normalized spacial score (nSPS) is 14.8. The quantitative estimate of drug-likeness (QED) is 0.773. The molecule has 2 rings (SSSR count). The fraction of sp³-hybridized carbons (Fsp3) is 0.647. The fourth-order valence-electron chi connectivity index (χ4n) is 2.61. The van der Waals surface area contributed by atoms with Crippen LogP contribution in [0.2, 0.25) is 0 Å². The van der Waals surface area contributed by atoms with Crippen molar-refractivity contribution in [2.75, 3.05) is 37.7 Å². The minimum absolute atomic E-state index is 0.812. The first-order valence-electron chi connectivity index (χ1n) is 7.95. The van der Waals surface area contributed by atoms with Gasteiger partial charge in [0, 0.05) is 19.6 Å². The molecule has 0 aliphatic carbocycles. The molecule has 0 atom stereocenters. The second kappa shape index (κ2) is 8.15. The van der Waals surface area contributed by atoms with Gasteiger partial charge in [0.1, 0.15) is 5.75 Å². The zero-order valence-electron chi connectivity index (χ0n) is 12.9. The second-order valence-electron chi connectivity index (χ2n) is 5.94. The zero-order chi connectivity index (χ0) is 14.2. The van der Waals surface area contributed by atoms with E-state index < -0.39 is 0 Å². The van der Waals surface area contributed by atoms with Crippen molar-refractivity contribution in [2.45, 2.75) is 33.1 Å². The minimum atomic E-state index is 0.812. The first kappa shape index (κ1) is 15.2. The van der Waals surface area contributed by atoms with Gasteiger partial charge < -0.3 is 15.0 Å². The van der Waals surface area contributed by atoms with Crippen molar-refractivity contribution in [3.63, 3.8) is 0 Å². The third kappa shape index (κ3) is 4.71. The van der Waals surface area contributed by atoms with Crippen molar-refractivity contribution < 1.29 is 4.74 Å². The summed E-state index contributed by atoms with van der Waals surface area (Å²) in [6.07, 6.45) is 3.69. The molecule has 0 saturated heterocycles. The van der Waals surface area contributed by atoms with E-state index in [1.54, 1.807) is 0 Å². The predicted octanol–water partition coefficient (Wildman–Crippen LogP) is 3.30. The van der Waals surface area contributed by atoms with Gasteiger partial charge in [0.25, 0.3) is 0 Å². The van der Waals surface area contributed by atoms with Crippen molar-refractivity contribution in [3.8, 4) is 5.75 Å². The molecule has 1 aliphatic rings. The topological polar surface area (TPSA) is 24.5 Å². The van der Waals surface area contributed by atoms with E-state index in [4.69, 9.17) is 4.74 Å². The molecule has 0 spiro atoms. The van der Waals surface area contributed by atoms with Gasteiger partial charge in [-0.15, -0.1) is 0 Å². The Kier molecular flexibility index (Phi) is 6.19. The Hall–Kier alpha value is -1.22. The highest BCUT2D eigenvalue weighted by Gasteiger charge is 2.14. The van der Waals surface area contributed by atoms with Crippen LogP contribution in [0.3, 0.4) is 0 Å². The van der Waals surface area contributed by atoms with Crippen LogP contribution in [0.5, 0.6) is 5.75 Å². The number of anilines is 1. The Morgan fingerprint density at radius 1 is 1.25 bits per heavy atom. The van der Waals surface area contributed by atoms with Crippen LogP contribution >= 0.6 is 0 Å². The van der Waals surface area contributed by atoms with Crippen molar-refractivity contribution in [2.24, 2.45) is 5.92 Å². The molecule has 0 aromatic heterocycles. The summed E-state index contributed by atoms with van der Waals surface area (Å²) in [6.45, 7) is 9.72. The van der Waals surface area contributed by atoms with E-state index in [2.05, 4.69) is 42.3 Å². The van der Waals surface area contributed by atoms with Gasteiger partial charge in [0.05, 0.1) is 12.3 Å². The summed E-state index contributed by atoms with van der Waals surface area (Å²) in [4.78, 5) is 2.44. The highest BCUT2D eigenvalue weighted by molar-refractivity contribution is 5.58. The lowest BCUT2D eigenvalue weighted by molar-refractivity contribution is 0.322. The number of benzene rings is 1. The van der Waals surface area contributed by atoms with E-state index in [-0.39, 0.29) is 0 Å². The molecule has 1 N–H and O–H groups in total. The summed E-state index contributed by atoms with van der Waals surface area (Å²) in [5, 5.41) is 3.56. The molecule has 1 heterocycles. The average molecular weight is 276 g/mol. The molecule has 3 heteroatoms. The van der Waals surface area contributed by atoms with E-state index in [1.807, 2.05) is 6.07 Å². The van der Waals surface area contributed by atoms with Gasteiger partial charge in [-0.05, 0) is 43.9 Å². The molecule has 0 radical (unpaired) electrons. The second-order valence-corrected chi connectivity index (χ2v) is 5.94. The molecule has 0 unspecified atom stereocenters. The van der Waals surface area contributed by atoms with Crippen LogP contribution in [0.15, 0.2) is 24.3 Å². The molecular weight excluding hydrogens is 248 g/mol. The monoisotopic (exact) mass is 276 g/mol. The molecule has 1 aromatic rings. The number of ether oxygens (including phenoxy) is 1. The number of fused-ring (bicyclic) bond motifs is 1. The van der Waals surface area contributed by atoms with Gasteiger partial charge in [-0.3, -0.25) is 0 Å². The van der Waals surface area contributed by atoms with Gasteiger partial charge in [-0.25, -0.2) is 0 Å². The van der Waals surface area contributed by atoms with Crippen LogP contribution in [-0.2, 0) is 0 Å². The summed E-state index contributed by atoms with van der Waals surface area (Å²) in [5.74, 6) is 1.84. The van der Waals surface area contributed by atoms with E-state index in [9.17, 15) is 0 Å². The Morgan fingerprint density at radius 3 is 2.95 bits per heavy atom. The van der Waals surface area contributed by atoms with Crippen LogP contribution in [0.4, 0.5) is 5.69 Å². The fourth-order valence-corrected chi connectivity index (χ4v) is 2.61. The zero-order valence-corrected chi connectivity index (χ0v) is 12.9. The van der Waals surface area contributed by atoms with Crippen LogP contribution in [0, 0.1) is 5.92 Å². The number of nitrogens with one attached hydrogen (secondary N) is 1. The molecule has 1 aromatic carbocycles. The SMILES string of the molecule is CC(C)CCCNCCN1CCCOc2ccccc21. The lowest BCUT2D eigenvalue weighted by atomic mass is 10.1. The highest BCUT2D eigenvalue weighted by Crippen LogP contribution is 2.29. The Morgan fingerprint density at radius 2 is 2.10 bits per heavy atom. The van der Waals surface area contributed by atoms with E-state index >= 15 is 0 Å². The minimum Gasteiger partial charge on any atom is -0.491 e. The number of nitrogens with zero attached hydrogens (tertiary/aromatic N) is 1. The summed E-state index contributed by atoms with van der Waals surface area (Å²) in [7, 11) is 0. The van der Waals surface area contributed by atoms with Crippen LogP contribution in [-0.4, -0.2) is 32.8 Å². The van der Waals surface area contributed by atoms with Gasteiger partial charge >= 0.3 is 0 Å². The number of para-hydroxylation sites is 2. The number of rotatable bonds is 7. The van der Waals surface area contributed by atoms with Gasteiger partial charge in [-0.1, -0.05) is 26.0 Å². The molecule has 0 amide bonds. The summed E-state index contributed by atoms with van der Waals surface area (Å²) in [5.41, 5.74) is 1.24. The molecule has 3 nitrogen and oxygen atoms in total. The van der Waals surface area contributed by atoms with Crippen molar-refractivity contribution in [1.82, 2.24) is 5.32 Å². The maximum atomic E-state index is 5.79. The molecule has 0 bridgehead atoms. The maximum Gasteiger partial charge on any atom is 0.142 e. The first-order chi connectivity index (χ1) is 9.77. The average Bonchev–Trinajstić information content (AvgIpc) is 2.65. The summed E-state index contributed by atoms with van der Waals surface area (Å²) < 4.78 is 5.79. The Labute approximate surface area is 123 Å². The van der Waals surface area contributed by atoms with Gasteiger partial charge in [0.2, 0.25) is 0 Å². The molecule has 0 fully saturated rings. The van der Waals surface area contributed by atoms with Crippen LogP contribution < -0.4 is 15.0 Å². The highest BCUT2D eigenvalue weighted by atomic mass is 16.5. The first-order valence-corrected chi connectivity index (χ1v) is 7.95. The van der Waals surface area contributed by atoms with Crippen LogP contribution in [0.1, 0.15) is 33.1 Å². The molecule has 0 saturated carbocycles. The smallest absolute Gasteiger partial charge is 0.142 e. The van der Waals surface area contributed by atoms with E-state index in [0.717, 1.165) is 50.9 Å². The third-order valence-electron chi connectivity index (χ3n) is 3.73. The molecule has 112 valence electrons. The van der Waals surface area contributed by atoms with E-state index in [0.29, 0.717) is 0 Å². The number of hydrogen-bond acceptors (Lipinski definition) is 3. The lowest BCUT2D eigenvalue weighted by Crippen LogP contribution is -2.33. The third-order valence-corrected chi connectivity index (χ3v) is 3.73. The van der Waals surface area contributed by atoms with E-state index in [1.165, 1.54) is 18.5 Å². The van der Waals surface area contributed by atoms with Crippen LogP contribution in [0.25, 0.3) is 0 Å². The van der Waals surface area contributed by atoms with Crippen molar-refractivity contribution in [3.05, 3.63) is 24.3 Å². The van der Waals surface area contributed by atoms with Gasteiger partial charge in [0.15, 0.2) is 0 Å². The largest absolute Gasteiger partial charge is 0.491 e. The lowest BCUT2D eigenvalue weighted by Gasteiger charge is -2.23. The predicted molar refractivity (Wildman–Crippen MR) is 85.7 cm³/mol.